The van der Waals surface area contributed by atoms with Gasteiger partial charge in [-0.05, 0) is 44.2 Å². The lowest BCUT2D eigenvalue weighted by Crippen LogP contribution is -2.48. The van der Waals surface area contributed by atoms with E-state index in [9.17, 15) is 0 Å². The van der Waals surface area contributed by atoms with Gasteiger partial charge in [0.15, 0.2) is 0 Å². The number of unbranched alkanes of at least 4 members (excludes halogenated alkanes) is 2. The van der Waals surface area contributed by atoms with E-state index in [0.29, 0.717) is 11.5 Å². The first-order chi connectivity index (χ1) is 8.56. The molecule has 0 saturated carbocycles. The Morgan fingerprint density at radius 3 is 2.67 bits per heavy atom. The summed E-state index contributed by atoms with van der Waals surface area (Å²) in [6.07, 6.45) is 5.20. The first-order valence-corrected chi connectivity index (χ1v) is 7.43. The van der Waals surface area contributed by atoms with E-state index in [0.717, 1.165) is 0 Å². The Morgan fingerprint density at radius 2 is 1.94 bits per heavy atom. The van der Waals surface area contributed by atoms with Crippen LogP contribution in [-0.4, -0.2) is 12.1 Å². The molecule has 1 heteroatoms. The Bertz CT molecular complexity index is 394. The van der Waals surface area contributed by atoms with Gasteiger partial charge in [0, 0.05) is 17.8 Å². The van der Waals surface area contributed by atoms with Crippen LogP contribution in [0.5, 0.6) is 0 Å². The number of fused-ring (bicyclic) bond motifs is 1. The molecule has 1 aliphatic heterocycles. The van der Waals surface area contributed by atoms with Crippen molar-refractivity contribution in [3.8, 4) is 0 Å². The maximum absolute atomic E-state index is 2.64. The predicted molar refractivity (Wildman–Crippen MR) is 80.4 cm³/mol. The van der Waals surface area contributed by atoms with Crippen LogP contribution in [0.2, 0.25) is 0 Å². The molecular formula is C17H27N. The molecule has 0 spiro atoms. The SMILES string of the molecule is CCCCCN1c2ccccc2C(C)CC1(C)C. The van der Waals surface area contributed by atoms with Gasteiger partial charge in [-0.1, -0.05) is 44.9 Å². The number of anilines is 1. The average molecular weight is 245 g/mol. The highest BCUT2D eigenvalue weighted by Crippen LogP contribution is 2.43. The first kappa shape index (κ1) is 13.5. The Labute approximate surface area is 112 Å². The van der Waals surface area contributed by atoms with Gasteiger partial charge in [-0.2, -0.15) is 0 Å². The summed E-state index contributed by atoms with van der Waals surface area (Å²) in [6.45, 7) is 10.6. The van der Waals surface area contributed by atoms with E-state index in [-0.39, 0.29) is 0 Å². The summed E-state index contributed by atoms with van der Waals surface area (Å²) in [5.41, 5.74) is 3.30. The normalized spacial score (nSPS) is 21.8. The third kappa shape index (κ3) is 2.55. The van der Waals surface area contributed by atoms with Crippen molar-refractivity contribution in [2.45, 2.75) is 64.8 Å². The number of rotatable bonds is 4. The third-order valence-corrected chi connectivity index (χ3v) is 4.28. The van der Waals surface area contributed by atoms with Crippen LogP contribution in [0.15, 0.2) is 24.3 Å². The summed E-state index contributed by atoms with van der Waals surface area (Å²) in [5, 5.41) is 0. The van der Waals surface area contributed by atoms with Gasteiger partial charge >= 0.3 is 0 Å². The lowest BCUT2D eigenvalue weighted by molar-refractivity contribution is 0.372. The van der Waals surface area contributed by atoms with Crippen LogP contribution in [0.25, 0.3) is 0 Å². The zero-order valence-corrected chi connectivity index (χ0v) is 12.4. The molecule has 18 heavy (non-hydrogen) atoms. The van der Waals surface area contributed by atoms with Crippen LogP contribution in [-0.2, 0) is 0 Å². The molecule has 1 nitrogen and oxygen atoms in total. The fourth-order valence-corrected chi connectivity index (χ4v) is 3.39. The van der Waals surface area contributed by atoms with Gasteiger partial charge in [-0.15, -0.1) is 0 Å². The average Bonchev–Trinajstić information content (AvgIpc) is 2.33. The Morgan fingerprint density at radius 1 is 1.22 bits per heavy atom. The van der Waals surface area contributed by atoms with Crippen molar-refractivity contribution in [2.24, 2.45) is 0 Å². The second-order valence-electron chi connectivity index (χ2n) is 6.34. The summed E-state index contributed by atoms with van der Waals surface area (Å²) in [7, 11) is 0. The van der Waals surface area contributed by atoms with Crippen molar-refractivity contribution in [2.75, 3.05) is 11.4 Å². The Hall–Kier alpha value is -0.980. The molecule has 0 aliphatic carbocycles. The molecular weight excluding hydrogens is 218 g/mol. The number of benzene rings is 1. The van der Waals surface area contributed by atoms with Crippen molar-refractivity contribution in [1.29, 1.82) is 0 Å². The zero-order valence-electron chi connectivity index (χ0n) is 12.4. The minimum Gasteiger partial charge on any atom is -0.366 e. The second-order valence-corrected chi connectivity index (χ2v) is 6.34. The van der Waals surface area contributed by atoms with E-state index in [1.807, 2.05) is 0 Å². The molecule has 1 aliphatic rings. The molecule has 1 heterocycles. The lowest BCUT2D eigenvalue weighted by atomic mass is 9.80. The van der Waals surface area contributed by atoms with Gasteiger partial charge in [0.25, 0.3) is 0 Å². The van der Waals surface area contributed by atoms with Crippen molar-refractivity contribution in [1.82, 2.24) is 0 Å². The molecule has 1 unspecified atom stereocenters. The number of hydrogen-bond donors (Lipinski definition) is 0. The summed E-state index contributed by atoms with van der Waals surface area (Å²) in [4.78, 5) is 2.64. The molecule has 1 aromatic carbocycles. The summed E-state index contributed by atoms with van der Waals surface area (Å²) in [5.74, 6) is 0.679. The van der Waals surface area contributed by atoms with Gasteiger partial charge < -0.3 is 4.90 Å². The summed E-state index contributed by atoms with van der Waals surface area (Å²) < 4.78 is 0. The molecule has 0 fully saturated rings. The van der Waals surface area contributed by atoms with Gasteiger partial charge in [-0.25, -0.2) is 0 Å². The maximum atomic E-state index is 2.64. The summed E-state index contributed by atoms with van der Waals surface area (Å²) in [6, 6.07) is 8.97. The smallest absolute Gasteiger partial charge is 0.0405 e. The highest BCUT2D eigenvalue weighted by Gasteiger charge is 2.35. The van der Waals surface area contributed by atoms with Crippen molar-refractivity contribution in [3.63, 3.8) is 0 Å². The first-order valence-electron chi connectivity index (χ1n) is 7.43. The molecule has 1 atom stereocenters. The lowest BCUT2D eigenvalue weighted by Gasteiger charge is -2.47. The molecule has 0 saturated heterocycles. The topological polar surface area (TPSA) is 3.24 Å². The van der Waals surface area contributed by atoms with Gasteiger partial charge in [0.05, 0.1) is 0 Å². The van der Waals surface area contributed by atoms with Gasteiger partial charge in [-0.3, -0.25) is 0 Å². The van der Waals surface area contributed by atoms with Crippen LogP contribution in [0, 0.1) is 0 Å². The van der Waals surface area contributed by atoms with Crippen LogP contribution in [0.1, 0.15) is 64.9 Å². The molecule has 0 N–H and O–H groups in total. The molecule has 0 bridgehead atoms. The van der Waals surface area contributed by atoms with Gasteiger partial charge in [0.1, 0.15) is 0 Å². The molecule has 1 aromatic rings. The second kappa shape index (κ2) is 5.34. The van der Waals surface area contributed by atoms with Crippen LogP contribution in [0.3, 0.4) is 0 Å². The van der Waals surface area contributed by atoms with E-state index in [2.05, 4.69) is 56.9 Å². The number of para-hydroxylation sites is 1. The minimum atomic E-state index is 0.293. The molecule has 0 aromatic heterocycles. The van der Waals surface area contributed by atoms with Crippen molar-refractivity contribution >= 4 is 5.69 Å². The molecule has 0 amide bonds. The van der Waals surface area contributed by atoms with E-state index in [1.54, 1.807) is 0 Å². The third-order valence-electron chi connectivity index (χ3n) is 4.28. The standard InChI is InChI=1S/C17H27N/c1-5-6-9-12-18-16-11-8-7-10-15(16)14(2)13-17(18,3)4/h7-8,10-11,14H,5-6,9,12-13H2,1-4H3. The Kier molecular flexibility index (Phi) is 3.99. The van der Waals surface area contributed by atoms with E-state index in [1.165, 1.54) is 43.5 Å². The molecule has 2 rings (SSSR count). The van der Waals surface area contributed by atoms with Crippen molar-refractivity contribution < 1.29 is 0 Å². The monoisotopic (exact) mass is 245 g/mol. The van der Waals surface area contributed by atoms with Crippen LogP contribution < -0.4 is 4.90 Å². The van der Waals surface area contributed by atoms with Crippen LogP contribution in [0.4, 0.5) is 5.69 Å². The minimum absolute atomic E-state index is 0.293. The molecule has 0 radical (unpaired) electrons. The van der Waals surface area contributed by atoms with E-state index in [4.69, 9.17) is 0 Å². The quantitative estimate of drug-likeness (QED) is 0.677. The van der Waals surface area contributed by atoms with Gasteiger partial charge in [0.2, 0.25) is 0 Å². The highest BCUT2D eigenvalue weighted by molar-refractivity contribution is 5.59. The highest BCUT2D eigenvalue weighted by atomic mass is 15.2. The fourth-order valence-electron chi connectivity index (χ4n) is 3.39. The predicted octanol–water partition coefficient (Wildman–Crippen LogP) is 4.97. The largest absolute Gasteiger partial charge is 0.366 e. The van der Waals surface area contributed by atoms with E-state index < -0.39 is 0 Å². The molecule has 100 valence electrons. The maximum Gasteiger partial charge on any atom is 0.0405 e. The summed E-state index contributed by atoms with van der Waals surface area (Å²) >= 11 is 0. The fraction of sp³-hybridized carbons (Fsp3) is 0.647. The zero-order chi connectivity index (χ0) is 13.2. The van der Waals surface area contributed by atoms with Crippen LogP contribution >= 0.6 is 0 Å². The number of hydrogen-bond acceptors (Lipinski definition) is 1. The number of nitrogens with zero attached hydrogens (tertiary/aromatic N) is 1. The Balaban J connectivity index is 2.27. The van der Waals surface area contributed by atoms with Crippen molar-refractivity contribution in [3.05, 3.63) is 29.8 Å². The van der Waals surface area contributed by atoms with E-state index >= 15 is 0 Å².